The van der Waals surface area contributed by atoms with Gasteiger partial charge >= 0.3 is 0 Å². The Balaban J connectivity index is 1.62. The Hall–Kier alpha value is -1.98. The second kappa shape index (κ2) is 8.60. The van der Waals surface area contributed by atoms with Gasteiger partial charge in [-0.05, 0) is 17.7 Å². The topological polar surface area (TPSA) is 90.3 Å². The Kier molecular flexibility index (Phi) is 6.50. The minimum Gasteiger partial charge on any atom is -0.354 e. The Morgan fingerprint density at radius 1 is 1.35 bits per heavy atom. The first-order chi connectivity index (χ1) is 11.1. The average molecular weight is 349 g/mol. The van der Waals surface area contributed by atoms with Crippen LogP contribution in [0.15, 0.2) is 24.3 Å². The molecule has 6 nitrogen and oxygen atoms in total. The summed E-state index contributed by atoms with van der Waals surface area (Å²) in [6, 6.07) is 9.29. The van der Waals surface area contributed by atoms with Gasteiger partial charge in [-0.25, -0.2) is 0 Å². The summed E-state index contributed by atoms with van der Waals surface area (Å²) in [5.74, 6) is 0.836. The summed E-state index contributed by atoms with van der Waals surface area (Å²) < 4.78 is 0. The van der Waals surface area contributed by atoms with Crippen molar-refractivity contribution in [3.63, 3.8) is 0 Å². The van der Waals surface area contributed by atoms with Gasteiger partial charge in [0, 0.05) is 18.8 Å². The maximum absolute atomic E-state index is 11.7. The Morgan fingerprint density at radius 3 is 2.70 bits per heavy atom. The van der Waals surface area contributed by atoms with Gasteiger partial charge in [-0.2, -0.15) is 5.26 Å². The Morgan fingerprint density at radius 2 is 2.09 bits per heavy atom. The van der Waals surface area contributed by atoms with E-state index < -0.39 is 0 Å². The van der Waals surface area contributed by atoms with E-state index in [1.54, 1.807) is 12.1 Å². The van der Waals surface area contributed by atoms with Gasteiger partial charge < -0.3 is 5.32 Å². The SMILES string of the molecule is N#Cc1ccc(CSCC(=O)NCCN2C(=O)CSC2=O)cc1. The maximum atomic E-state index is 11.7. The highest BCUT2D eigenvalue weighted by Crippen LogP contribution is 2.17. The third-order valence-electron chi connectivity index (χ3n) is 3.08. The van der Waals surface area contributed by atoms with Crippen LogP contribution in [0.2, 0.25) is 0 Å². The van der Waals surface area contributed by atoms with Crippen LogP contribution in [-0.4, -0.2) is 46.5 Å². The molecule has 1 aliphatic heterocycles. The summed E-state index contributed by atoms with van der Waals surface area (Å²) in [6.07, 6.45) is 0. The maximum Gasteiger partial charge on any atom is 0.288 e. The molecule has 0 atom stereocenters. The molecule has 3 amide bonds. The first-order valence-electron chi connectivity index (χ1n) is 6.91. The predicted molar refractivity (Wildman–Crippen MR) is 89.9 cm³/mol. The van der Waals surface area contributed by atoms with Crippen LogP contribution in [0, 0.1) is 11.3 Å². The number of nitrogens with one attached hydrogen (secondary N) is 1. The summed E-state index contributed by atoms with van der Waals surface area (Å²) in [5.41, 5.74) is 1.66. The molecule has 0 spiro atoms. The van der Waals surface area contributed by atoms with Crippen molar-refractivity contribution in [2.75, 3.05) is 24.6 Å². The zero-order valence-electron chi connectivity index (χ0n) is 12.3. The van der Waals surface area contributed by atoms with Gasteiger partial charge in [-0.3, -0.25) is 19.3 Å². The number of hydrogen-bond acceptors (Lipinski definition) is 6. The number of carbonyl (C=O) groups excluding carboxylic acids is 3. The van der Waals surface area contributed by atoms with Crippen LogP contribution in [0.5, 0.6) is 0 Å². The lowest BCUT2D eigenvalue weighted by Crippen LogP contribution is -2.38. The van der Waals surface area contributed by atoms with E-state index in [2.05, 4.69) is 11.4 Å². The van der Waals surface area contributed by atoms with Crippen molar-refractivity contribution >= 4 is 40.6 Å². The molecule has 0 aliphatic carbocycles. The number of carbonyl (C=O) groups is 3. The molecule has 0 radical (unpaired) electrons. The fourth-order valence-electron chi connectivity index (χ4n) is 1.89. The summed E-state index contributed by atoms with van der Waals surface area (Å²) in [7, 11) is 0. The zero-order valence-corrected chi connectivity index (χ0v) is 13.9. The van der Waals surface area contributed by atoms with Crippen LogP contribution < -0.4 is 5.32 Å². The summed E-state index contributed by atoms with van der Waals surface area (Å²) >= 11 is 2.45. The minimum atomic E-state index is -0.251. The average Bonchev–Trinajstić information content (AvgIpc) is 2.87. The molecular formula is C15H15N3O3S2. The third-order valence-corrected chi connectivity index (χ3v) is 4.95. The molecule has 0 aromatic heterocycles. The number of rotatable bonds is 7. The van der Waals surface area contributed by atoms with Crippen molar-refractivity contribution < 1.29 is 14.4 Å². The molecule has 1 aliphatic rings. The molecule has 120 valence electrons. The highest BCUT2D eigenvalue weighted by Gasteiger charge is 2.29. The third kappa shape index (κ3) is 5.30. The van der Waals surface area contributed by atoms with Crippen LogP contribution in [0.25, 0.3) is 0 Å². The van der Waals surface area contributed by atoms with Crippen LogP contribution in [0.4, 0.5) is 4.79 Å². The largest absolute Gasteiger partial charge is 0.354 e. The molecular weight excluding hydrogens is 334 g/mol. The molecule has 0 saturated carbocycles. The molecule has 23 heavy (non-hydrogen) atoms. The summed E-state index contributed by atoms with van der Waals surface area (Å²) in [5, 5.41) is 11.2. The number of amides is 3. The van der Waals surface area contributed by atoms with E-state index in [-0.39, 0.29) is 35.9 Å². The van der Waals surface area contributed by atoms with Crippen molar-refractivity contribution in [1.82, 2.24) is 10.2 Å². The van der Waals surface area contributed by atoms with Crippen molar-refractivity contribution in [3.8, 4) is 6.07 Å². The zero-order chi connectivity index (χ0) is 16.7. The molecule has 1 aromatic carbocycles. The van der Waals surface area contributed by atoms with Gasteiger partial charge in [0.15, 0.2) is 0 Å². The number of nitriles is 1. The molecule has 1 fully saturated rings. The summed E-state index contributed by atoms with van der Waals surface area (Å²) in [4.78, 5) is 35.6. The normalized spacial score (nSPS) is 14.0. The van der Waals surface area contributed by atoms with Crippen molar-refractivity contribution in [3.05, 3.63) is 35.4 Å². The molecule has 1 heterocycles. The number of benzene rings is 1. The smallest absolute Gasteiger partial charge is 0.288 e. The van der Waals surface area contributed by atoms with Gasteiger partial charge in [0.1, 0.15) is 0 Å². The van der Waals surface area contributed by atoms with Gasteiger partial charge in [-0.1, -0.05) is 23.9 Å². The molecule has 1 saturated heterocycles. The van der Waals surface area contributed by atoms with E-state index in [0.717, 1.165) is 22.2 Å². The highest BCUT2D eigenvalue weighted by molar-refractivity contribution is 8.14. The minimum absolute atomic E-state index is 0.129. The standard InChI is InChI=1S/C15H15N3O3S2/c16-7-11-1-3-12(4-2-11)8-22-9-13(19)17-5-6-18-14(20)10-23-15(18)21/h1-4H,5-6,8-10H2,(H,17,19). The second-order valence-corrected chi connectivity index (χ2v) is 6.66. The van der Waals surface area contributed by atoms with Gasteiger partial charge in [0.25, 0.3) is 5.24 Å². The number of imide groups is 1. The van der Waals surface area contributed by atoms with Crippen molar-refractivity contribution in [2.24, 2.45) is 0 Å². The van der Waals surface area contributed by atoms with Gasteiger partial charge in [0.2, 0.25) is 11.8 Å². The van der Waals surface area contributed by atoms with E-state index in [4.69, 9.17) is 5.26 Å². The van der Waals surface area contributed by atoms with E-state index in [9.17, 15) is 14.4 Å². The van der Waals surface area contributed by atoms with Gasteiger partial charge in [-0.15, -0.1) is 11.8 Å². The number of thioether (sulfide) groups is 2. The molecule has 1 N–H and O–H groups in total. The van der Waals surface area contributed by atoms with Crippen LogP contribution in [0.1, 0.15) is 11.1 Å². The Labute approximate surface area is 142 Å². The first kappa shape index (κ1) is 17.4. The van der Waals surface area contributed by atoms with E-state index in [1.165, 1.54) is 11.8 Å². The monoisotopic (exact) mass is 349 g/mol. The lowest BCUT2D eigenvalue weighted by atomic mass is 10.2. The van der Waals surface area contributed by atoms with Crippen molar-refractivity contribution in [2.45, 2.75) is 5.75 Å². The van der Waals surface area contributed by atoms with Crippen LogP contribution in [-0.2, 0) is 15.3 Å². The highest BCUT2D eigenvalue weighted by atomic mass is 32.2. The lowest BCUT2D eigenvalue weighted by Gasteiger charge is -2.13. The molecule has 0 bridgehead atoms. The molecule has 1 aromatic rings. The molecule has 2 rings (SSSR count). The number of nitrogens with zero attached hydrogens (tertiary/aromatic N) is 2. The summed E-state index contributed by atoms with van der Waals surface area (Å²) in [6.45, 7) is 0.491. The van der Waals surface area contributed by atoms with Crippen LogP contribution in [0.3, 0.4) is 0 Å². The molecule has 0 unspecified atom stereocenters. The van der Waals surface area contributed by atoms with Crippen LogP contribution >= 0.6 is 23.5 Å². The van der Waals surface area contributed by atoms with E-state index >= 15 is 0 Å². The van der Waals surface area contributed by atoms with Gasteiger partial charge in [0.05, 0.1) is 23.1 Å². The van der Waals surface area contributed by atoms with E-state index in [0.29, 0.717) is 17.1 Å². The lowest BCUT2D eigenvalue weighted by molar-refractivity contribution is -0.125. The fraction of sp³-hybridized carbons (Fsp3) is 0.333. The predicted octanol–water partition coefficient (Wildman–Crippen LogP) is 1.60. The number of hydrogen-bond donors (Lipinski definition) is 1. The Bertz CT molecular complexity index is 624. The fourth-order valence-corrected chi connectivity index (χ4v) is 3.46. The second-order valence-electron chi connectivity index (χ2n) is 4.75. The van der Waals surface area contributed by atoms with Crippen molar-refractivity contribution in [1.29, 1.82) is 5.26 Å². The van der Waals surface area contributed by atoms with E-state index in [1.807, 2.05) is 12.1 Å². The first-order valence-corrected chi connectivity index (χ1v) is 9.05. The quantitative estimate of drug-likeness (QED) is 0.804. The molecule has 8 heteroatoms.